The van der Waals surface area contributed by atoms with Crippen molar-refractivity contribution in [3.05, 3.63) is 65.2 Å². The number of rotatable bonds is 5. The van der Waals surface area contributed by atoms with Gasteiger partial charge in [0.2, 0.25) is 0 Å². The van der Waals surface area contributed by atoms with E-state index in [1.807, 2.05) is 44.6 Å². The zero-order valence-corrected chi connectivity index (χ0v) is 12.2. The zero-order chi connectivity index (χ0) is 14.4. The molecule has 3 heteroatoms. The summed E-state index contributed by atoms with van der Waals surface area (Å²) in [5, 5.41) is 5.96. The Morgan fingerprint density at radius 3 is 2.25 bits per heavy atom. The van der Waals surface area contributed by atoms with Gasteiger partial charge in [0.15, 0.2) is 0 Å². The third-order valence-electron chi connectivity index (χ3n) is 2.84. The standard InChI is InChI=1S/C17H20N2O/c1-14-4-6-16(7-5-14)13-20-17-10-8-15(9-11-17)12-18-19(2)3/h4-12H,13H2,1-3H3/b18-12+. The minimum atomic E-state index is 0.589. The van der Waals surface area contributed by atoms with Gasteiger partial charge in [-0.15, -0.1) is 0 Å². The van der Waals surface area contributed by atoms with Crippen molar-refractivity contribution in [3.8, 4) is 5.75 Å². The molecule has 0 atom stereocenters. The fourth-order valence-corrected chi connectivity index (χ4v) is 1.68. The SMILES string of the molecule is Cc1ccc(COc2ccc(/C=N/N(C)C)cc2)cc1. The van der Waals surface area contributed by atoms with Gasteiger partial charge in [-0.1, -0.05) is 29.8 Å². The fraction of sp³-hybridized carbons (Fsp3) is 0.235. The molecule has 20 heavy (non-hydrogen) atoms. The molecule has 2 aromatic carbocycles. The van der Waals surface area contributed by atoms with Crippen molar-refractivity contribution < 1.29 is 4.74 Å². The van der Waals surface area contributed by atoms with Crippen molar-refractivity contribution >= 4 is 6.21 Å². The highest BCUT2D eigenvalue weighted by molar-refractivity contribution is 5.79. The third-order valence-corrected chi connectivity index (χ3v) is 2.84. The number of nitrogens with zero attached hydrogens (tertiary/aromatic N) is 2. The molecular formula is C17H20N2O. The number of hydrogen-bond donors (Lipinski definition) is 0. The van der Waals surface area contributed by atoms with Gasteiger partial charge in [-0.05, 0) is 42.3 Å². The number of hydrazone groups is 1. The molecule has 0 saturated heterocycles. The summed E-state index contributed by atoms with van der Waals surface area (Å²) in [6.45, 7) is 2.67. The van der Waals surface area contributed by atoms with Crippen LogP contribution in [0, 0.1) is 6.92 Å². The zero-order valence-electron chi connectivity index (χ0n) is 12.2. The Morgan fingerprint density at radius 1 is 1.00 bits per heavy atom. The largest absolute Gasteiger partial charge is 0.489 e. The van der Waals surface area contributed by atoms with Crippen molar-refractivity contribution in [1.82, 2.24) is 5.01 Å². The van der Waals surface area contributed by atoms with Crippen LogP contribution in [0.5, 0.6) is 5.75 Å². The molecule has 0 aliphatic carbocycles. The summed E-state index contributed by atoms with van der Waals surface area (Å²) < 4.78 is 5.76. The Kier molecular flexibility index (Phi) is 4.77. The van der Waals surface area contributed by atoms with Crippen molar-refractivity contribution in [3.63, 3.8) is 0 Å². The Balaban J connectivity index is 1.92. The van der Waals surface area contributed by atoms with Crippen molar-refractivity contribution in [2.24, 2.45) is 5.10 Å². The molecule has 0 fully saturated rings. The molecule has 0 heterocycles. The van der Waals surface area contributed by atoms with Gasteiger partial charge in [-0.3, -0.25) is 0 Å². The number of hydrogen-bond acceptors (Lipinski definition) is 3. The van der Waals surface area contributed by atoms with Crippen molar-refractivity contribution in [2.75, 3.05) is 14.1 Å². The quantitative estimate of drug-likeness (QED) is 0.612. The number of aryl methyl sites for hydroxylation is 1. The highest BCUT2D eigenvalue weighted by Crippen LogP contribution is 2.14. The Hall–Kier alpha value is -2.29. The van der Waals surface area contributed by atoms with Gasteiger partial charge in [-0.25, -0.2) is 0 Å². The van der Waals surface area contributed by atoms with E-state index in [0.29, 0.717) is 6.61 Å². The topological polar surface area (TPSA) is 24.8 Å². The highest BCUT2D eigenvalue weighted by Gasteiger charge is 1.96. The van der Waals surface area contributed by atoms with Gasteiger partial charge < -0.3 is 9.75 Å². The van der Waals surface area contributed by atoms with E-state index in [4.69, 9.17) is 4.74 Å². The molecular weight excluding hydrogens is 248 g/mol. The van der Waals surface area contributed by atoms with E-state index < -0.39 is 0 Å². The summed E-state index contributed by atoms with van der Waals surface area (Å²) in [6.07, 6.45) is 1.82. The van der Waals surface area contributed by atoms with E-state index in [1.54, 1.807) is 5.01 Å². The van der Waals surface area contributed by atoms with E-state index in [1.165, 1.54) is 11.1 Å². The van der Waals surface area contributed by atoms with Crippen LogP contribution in [0.25, 0.3) is 0 Å². The predicted octanol–water partition coefficient (Wildman–Crippen LogP) is 3.47. The highest BCUT2D eigenvalue weighted by atomic mass is 16.5. The van der Waals surface area contributed by atoms with Crippen LogP contribution in [0.15, 0.2) is 53.6 Å². The van der Waals surface area contributed by atoms with Crippen LogP contribution in [0.1, 0.15) is 16.7 Å². The molecule has 0 bridgehead atoms. The maximum absolute atomic E-state index is 5.76. The van der Waals surface area contributed by atoms with E-state index >= 15 is 0 Å². The van der Waals surface area contributed by atoms with Gasteiger partial charge >= 0.3 is 0 Å². The molecule has 0 saturated carbocycles. The lowest BCUT2D eigenvalue weighted by atomic mass is 10.2. The average Bonchev–Trinajstić information content (AvgIpc) is 2.45. The van der Waals surface area contributed by atoms with Crippen LogP contribution in [0.4, 0.5) is 0 Å². The van der Waals surface area contributed by atoms with Crippen LogP contribution < -0.4 is 4.74 Å². The first-order valence-electron chi connectivity index (χ1n) is 6.63. The molecule has 0 amide bonds. The molecule has 0 unspecified atom stereocenters. The third kappa shape index (κ3) is 4.43. The second kappa shape index (κ2) is 6.75. The second-order valence-electron chi connectivity index (χ2n) is 4.94. The van der Waals surface area contributed by atoms with Crippen LogP contribution >= 0.6 is 0 Å². The number of benzene rings is 2. The maximum Gasteiger partial charge on any atom is 0.119 e. The van der Waals surface area contributed by atoms with E-state index in [-0.39, 0.29) is 0 Å². The molecule has 104 valence electrons. The molecule has 0 spiro atoms. The van der Waals surface area contributed by atoms with Crippen LogP contribution in [-0.4, -0.2) is 25.3 Å². The van der Waals surface area contributed by atoms with Crippen LogP contribution in [0.3, 0.4) is 0 Å². The Bertz CT molecular complexity index is 557. The molecule has 0 aliphatic rings. The van der Waals surface area contributed by atoms with Gasteiger partial charge in [0.1, 0.15) is 12.4 Å². The van der Waals surface area contributed by atoms with Crippen molar-refractivity contribution in [1.29, 1.82) is 0 Å². The summed E-state index contributed by atoms with van der Waals surface area (Å²) in [5.41, 5.74) is 3.49. The normalized spacial score (nSPS) is 10.8. The molecule has 0 aromatic heterocycles. The minimum absolute atomic E-state index is 0.589. The van der Waals surface area contributed by atoms with E-state index in [0.717, 1.165) is 11.3 Å². The smallest absolute Gasteiger partial charge is 0.119 e. The molecule has 0 radical (unpaired) electrons. The maximum atomic E-state index is 5.76. The molecule has 0 N–H and O–H groups in total. The Labute approximate surface area is 120 Å². The number of ether oxygens (including phenoxy) is 1. The summed E-state index contributed by atoms with van der Waals surface area (Å²) in [7, 11) is 3.80. The predicted molar refractivity (Wildman–Crippen MR) is 83.2 cm³/mol. The van der Waals surface area contributed by atoms with Gasteiger partial charge in [-0.2, -0.15) is 5.10 Å². The lowest BCUT2D eigenvalue weighted by Gasteiger charge is -2.07. The average molecular weight is 268 g/mol. The van der Waals surface area contributed by atoms with Gasteiger partial charge in [0, 0.05) is 14.1 Å². The Morgan fingerprint density at radius 2 is 1.65 bits per heavy atom. The lowest BCUT2D eigenvalue weighted by Crippen LogP contribution is -2.01. The molecule has 2 rings (SSSR count). The molecule has 3 nitrogen and oxygen atoms in total. The van der Waals surface area contributed by atoms with E-state index in [9.17, 15) is 0 Å². The monoisotopic (exact) mass is 268 g/mol. The van der Waals surface area contributed by atoms with Gasteiger partial charge in [0.05, 0.1) is 6.21 Å². The first-order chi connectivity index (χ1) is 9.63. The minimum Gasteiger partial charge on any atom is -0.489 e. The van der Waals surface area contributed by atoms with Crippen LogP contribution in [0.2, 0.25) is 0 Å². The summed E-state index contributed by atoms with van der Waals surface area (Å²) in [5.74, 6) is 0.868. The van der Waals surface area contributed by atoms with Crippen molar-refractivity contribution in [2.45, 2.75) is 13.5 Å². The lowest BCUT2D eigenvalue weighted by molar-refractivity contribution is 0.306. The van der Waals surface area contributed by atoms with Crippen LogP contribution in [-0.2, 0) is 6.61 Å². The molecule has 0 aliphatic heterocycles. The summed E-state index contributed by atoms with van der Waals surface area (Å²) in [6, 6.07) is 16.3. The van der Waals surface area contributed by atoms with Gasteiger partial charge in [0.25, 0.3) is 0 Å². The summed E-state index contributed by atoms with van der Waals surface area (Å²) in [4.78, 5) is 0. The second-order valence-corrected chi connectivity index (χ2v) is 4.94. The molecule has 2 aromatic rings. The summed E-state index contributed by atoms with van der Waals surface area (Å²) >= 11 is 0. The van der Waals surface area contributed by atoms with E-state index in [2.05, 4.69) is 36.3 Å². The first kappa shape index (κ1) is 14.1. The first-order valence-corrected chi connectivity index (χ1v) is 6.63. The fourth-order valence-electron chi connectivity index (χ4n) is 1.68.